The van der Waals surface area contributed by atoms with Crippen LogP contribution in [0.3, 0.4) is 0 Å². The van der Waals surface area contributed by atoms with Crippen molar-refractivity contribution in [3.8, 4) is 0 Å². The number of hydrogen-bond acceptors (Lipinski definition) is 1. The minimum atomic E-state index is 0.832. The van der Waals surface area contributed by atoms with Gasteiger partial charge in [-0.2, -0.15) is 0 Å². The molecule has 0 aromatic heterocycles. The van der Waals surface area contributed by atoms with E-state index < -0.39 is 0 Å². The molecule has 0 heterocycles. The zero-order chi connectivity index (χ0) is 13.0. The molecule has 106 valence electrons. The third-order valence-corrected chi connectivity index (χ3v) is 5.26. The van der Waals surface area contributed by atoms with Crippen LogP contribution in [0.1, 0.15) is 72.1 Å². The summed E-state index contributed by atoms with van der Waals surface area (Å²) in [5.74, 6) is 4.05. The lowest BCUT2D eigenvalue weighted by atomic mass is 9.81. The highest BCUT2D eigenvalue weighted by molar-refractivity contribution is 4.95. The maximum Gasteiger partial charge on any atom is 0.00980 e. The van der Waals surface area contributed by atoms with Crippen molar-refractivity contribution in [2.24, 2.45) is 23.7 Å². The van der Waals surface area contributed by atoms with Crippen molar-refractivity contribution < 1.29 is 0 Å². The van der Waals surface area contributed by atoms with Crippen LogP contribution in [0.4, 0.5) is 0 Å². The lowest BCUT2D eigenvalue weighted by Crippen LogP contribution is -2.39. The molecule has 2 fully saturated rings. The zero-order valence-corrected chi connectivity index (χ0v) is 12.8. The zero-order valence-electron chi connectivity index (χ0n) is 12.8. The lowest BCUT2D eigenvalue weighted by molar-refractivity contribution is 0.233. The fourth-order valence-electron chi connectivity index (χ4n) is 4.33. The van der Waals surface area contributed by atoms with E-state index in [2.05, 4.69) is 26.1 Å². The van der Waals surface area contributed by atoms with Crippen molar-refractivity contribution in [1.82, 2.24) is 5.32 Å². The predicted octanol–water partition coefficient (Wildman–Crippen LogP) is 4.62. The van der Waals surface area contributed by atoms with E-state index in [1.807, 2.05) is 0 Å². The van der Waals surface area contributed by atoms with Gasteiger partial charge in [-0.25, -0.2) is 0 Å². The van der Waals surface area contributed by atoms with Gasteiger partial charge in [-0.05, 0) is 62.3 Å². The van der Waals surface area contributed by atoms with Crippen LogP contribution in [-0.4, -0.2) is 12.6 Å². The highest BCUT2D eigenvalue weighted by Crippen LogP contribution is 2.50. The summed E-state index contributed by atoms with van der Waals surface area (Å²) in [6.45, 7) is 8.22. The second-order valence-corrected chi connectivity index (χ2v) is 7.22. The first kappa shape index (κ1) is 14.4. The number of nitrogens with one attached hydrogen (secondary N) is 1. The Morgan fingerprint density at radius 1 is 1.11 bits per heavy atom. The third kappa shape index (κ3) is 3.73. The van der Waals surface area contributed by atoms with Gasteiger partial charge in [0.25, 0.3) is 0 Å². The summed E-state index contributed by atoms with van der Waals surface area (Å²) in [5.41, 5.74) is 0. The smallest absolute Gasteiger partial charge is 0.00980 e. The fourth-order valence-corrected chi connectivity index (χ4v) is 4.33. The summed E-state index contributed by atoms with van der Waals surface area (Å²) in [5, 5.41) is 3.87. The Hall–Kier alpha value is -0.0400. The normalized spacial score (nSPS) is 32.3. The molecule has 2 saturated carbocycles. The van der Waals surface area contributed by atoms with Gasteiger partial charge in [0.05, 0.1) is 0 Å². The summed E-state index contributed by atoms with van der Waals surface area (Å²) in [7, 11) is 0. The first-order valence-electron chi connectivity index (χ1n) is 8.44. The van der Waals surface area contributed by atoms with E-state index in [1.54, 1.807) is 6.42 Å². The molecule has 0 aromatic rings. The first-order valence-corrected chi connectivity index (χ1v) is 8.44. The summed E-state index contributed by atoms with van der Waals surface area (Å²) in [4.78, 5) is 0. The molecule has 1 nitrogen and oxygen atoms in total. The van der Waals surface area contributed by atoms with Gasteiger partial charge in [-0.15, -0.1) is 0 Å². The van der Waals surface area contributed by atoms with Crippen molar-refractivity contribution in [3.05, 3.63) is 0 Å². The molecule has 18 heavy (non-hydrogen) atoms. The van der Waals surface area contributed by atoms with E-state index in [0.29, 0.717) is 0 Å². The molecule has 0 spiro atoms. The topological polar surface area (TPSA) is 12.0 Å². The van der Waals surface area contributed by atoms with Crippen LogP contribution in [0.25, 0.3) is 0 Å². The molecule has 4 unspecified atom stereocenters. The van der Waals surface area contributed by atoms with E-state index in [9.17, 15) is 0 Å². The minimum absolute atomic E-state index is 0.832. The van der Waals surface area contributed by atoms with Crippen molar-refractivity contribution in [1.29, 1.82) is 0 Å². The quantitative estimate of drug-likeness (QED) is 0.664. The largest absolute Gasteiger partial charge is 0.314 e. The third-order valence-electron chi connectivity index (χ3n) is 5.26. The van der Waals surface area contributed by atoms with E-state index in [1.165, 1.54) is 51.5 Å². The van der Waals surface area contributed by atoms with Gasteiger partial charge in [0, 0.05) is 6.04 Å². The van der Waals surface area contributed by atoms with E-state index in [0.717, 1.165) is 29.7 Å². The molecule has 2 rings (SSSR count). The molecule has 2 aliphatic rings. The van der Waals surface area contributed by atoms with Crippen LogP contribution < -0.4 is 5.32 Å². The van der Waals surface area contributed by atoms with Crippen LogP contribution in [0.5, 0.6) is 0 Å². The average molecular weight is 251 g/mol. The number of rotatable bonds is 8. The van der Waals surface area contributed by atoms with Gasteiger partial charge in [0.2, 0.25) is 0 Å². The predicted molar refractivity (Wildman–Crippen MR) is 79.7 cm³/mol. The Kier molecular flexibility index (Phi) is 5.54. The van der Waals surface area contributed by atoms with Crippen molar-refractivity contribution >= 4 is 0 Å². The lowest BCUT2D eigenvalue weighted by Gasteiger charge is -2.31. The van der Waals surface area contributed by atoms with Crippen LogP contribution in [-0.2, 0) is 0 Å². The van der Waals surface area contributed by atoms with Gasteiger partial charge in [-0.1, -0.05) is 40.0 Å². The first-order chi connectivity index (χ1) is 8.70. The average Bonchev–Trinajstić information content (AvgIpc) is 2.95. The fraction of sp³-hybridized carbons (Fsp3) is 1.00. The van der Waals surface area contributed by atoms with Gasteiger partial charge >= 0.3 is 0 Å². The molecule has 1 heteroatoms. The van der Waals surface area contributed by atoms with Crippen molar-refractivity contribution in [2.75, 3.05) is 6.54 Å². The number of hydrogen-bond donors (Lipinski definition) is 1. The molecular formula is C17H33N. The van der Waals surface area contributed by atoms with Crippen LogP contribution in [0.2, 0.25) is 0 Å². The van der Waals surface area contributed by atoms with E-state index in [4.69, 9.17) is 0 Å². The van der Waals surface area contributed by atoms with Gasteiger partial charge in [0.1, 0.15) is 0 Å². The minimum Gasteiger partial charge on any atom is -0.314 e. The maximum absolute atomic E-state index is 3.87. The van der Waals surface area contributed by atoms with Gasteiger partial charge in [-0.3, -0.25) is 0 Å². The molecule has 1 N–H and O–H groups in total. The Morgan fingerprint density at radius 2 is 1.94 bits per heavy atom. The van der Waals surface area contributed by atoms with Gasteiger partial charge < -0.3 is 5.32 Å². The number of fused-ring (bicyclic) bond motifs is 2. The highest BCUT2D eigenvalue weighted by Gasteiger charge is 2.42. The molecule has 0 aromatic carbocycles. The molecule has 0 radical (unpaired) electrons. The molecule has 0 aliphatic heterocycles. The monoisotopic (exact) mass is 251 g/mol. The van der Waals surface area contributed by atoms with Crippen molar-refractivity contribution in [2.45, 2.75) is 78.2 Å². The summed E-state index contributed by atoms with van der Waals surface area (Å²) in [6, 6.07) is 0.832. The van der Waals surface area contributed by atoms with Crippen LogP contribution in [0, 0.1) is 23.7 Å². The Bertz CT molecular complexity index is 236. The van der Waals surface area contributed by atoms with Crippen LogP contribution >= 0.6 is 0 Å². The SMILES string of the molecule is CCCNC(CCCC(C)C)C1CC2CCC1C2. The van der Waals surface area contributed by atoms with Crippen LogP contribution in [0.15, 0.2) is 0 Å². The summed E-state index contributed by atoms with van der Waals surface area (Å²) < 4.78 is 0. The maximum atomic E-state index is 3.87. The molecule has 4 atom stereocenters. The van der Waals surface area contributed by atoms with Gasteiger partial charge in [0.15, 0.2) is 0 Å². The standard InChI is InChI=1S/C17H33N/c1-4-10-18-17(7-5-6-13(2)3)16-12-14-8-9-15(16)11-14/h13-18H,4-12H2,1-3H3. The Morgan fingerprint density at radius 3 is 2.50 bits per heavy atom. The molecule has 0 saturated heterocycles. The Balaban J connectivity index is 1.80. The molecular weight excluding hydrogens is 218 g/mol. The second kappa shape index (κ2) is 6.93. The highest BCUT2D eigenvalue weighted by atomic mass is 14.9. The molecule has 2 aliphatic carbocycles. The second-order valence-electron chi connectivity index (χ2n) is 7.22. The summed E-state index contributed by atoms with van der Waals surface area (Å²) in [6.07, 6.45) is 11.7. The molecule has 2 bridgehead atoms. The summed E-state index contributed by atoms with van der Waals surface area (Å²) >= 11 is 0. The Labute approximate surface area is 114 Å². The molecule has 0 amide bonds. The van der Waals surface area contributed by atoms with E-state index >= 15 is 0 Å². The van der Waals surface area contributed by atoms with Crippen molar-refractivity contribution in [3.63, 3.8) is 0 Å². The van der Waals surface area contributed by atoms with E-state index in [-0.39, 0.29) is 0 Å².